The molecule has 1 fully saturated rings. The van der Waals surface area contributed by atoms with Crippen molar-refractivity contribution >= 4 is 51.8 Å². The number of carbonyl (C=O) groups excluding carboxylic acids is 1. The Balaban J connectivity index is 0.00000392. The first-order valence-electron chi connectivity index (χ1n) is 9.23. The van der Waals surface area contributed by atoms with Crippen LogP contribution in [0.25, 0.3) is 0 Å². The Hall–Kier alpha value is -0.910. The molecule has 0 aromatic heterocycles. The second-order valence-corrected chi connectivity index (χ2v) is 7.94. The third-order valence-electron chi connectivity index (χ3n) is 4.59. The summed E-state index contributed by atoms with van der Waals surface area (Å²) in [5, 5.41) is 9.51. The molecule has 0 radical (unpaired) electrons. The summed E-state index contributed by atoms with van der Waals surface area (Å²) in [5.74, 6) is 0.648. The lowest BCUT2D eigenvalue weighted by atomic mass is 10.0. The number of ether oxygens (including phenoxy) is 1. The van der Waals surface area contributed by atoms with Gasteiger partial charge >= 0.3 is 0 Å². The molecule has 0 aliphatic carbocycles. The Kier molecular flexibility index (Phi) is 11.3. The minimum atomic E-state index is -0.0827. The quantitative estimate of drug-likeness (QED) is 0.203. The van der Waals surface area contributed by atoms with Crippen LogP contribution in [0.15, 0.2) is 33.7 Å². The Morgan fingerprint density at radius 3 is 2.36 bits per heavy atom. The van der Waals surface area contributed by atoms with Crippen molar-refractivity contribution in [2.24, 2.45) is 4.99 Å². The molecule has 28 heavy (non-hydrogen) atoms. The SMILES string of the molecule is CN=C(NCCNC(=O)c1ccc(Br)cc1)NCC(C)(C)N1CCOCC1.I. The largest absolute Gasteiger partial charge is 0.379 e. The fourth-order valence-electron chi connectivity index (χ4n) is 2.86. The van der Waals surface area contributed by atoms with Gasteiger partial charge in [0.15, 0.2) is 5.96 Å². The summed E-state index contributed by atoms with van der Waals surface area (Å²) in [6.07, 6.45) is 0. The molecular formula is C19H31BrIN5O2. The van der Waals surface area contributed by atoms with Crippen LogP contribution in [0.1, 0.15) is 24.2 Å². The maximum Gasteiger partial charge on any atom is 0.251 e. The molecule has 0 spiro atoms. The molecule has 1 aliphatic rings. The topological polar surface area (TPSA) is 78.0 Å². The molecule has 0 saturated carbocycles. The number of carbonyl (C=O) groups is 1. The highest BCUT2D eigenvalue weighted by molar-refractivity contribution is 14.0. The van der Waals surface area contributed by atoms with E-state index in [2.05, 4.69) is 55.6 Å². The van der Waals surface area contributed by atoms with E-state index >= 15 is 0 Å². The lowest BCUT2D eigenvalue weighted by Gasteiger charge is -2.41. The summed E-state index contributed by atoms with van der Waals surface area (Å²) in [6.45, 7) is 9.79. The van der Waals surface area contributed by atoms with E-state index in [1.165, 1.54) is 0 Å². The third-order valence-corrected chi connectivity index (χ3v) is 5.12. The number of morpholine rings is 1. The molecular weight excluding hydrogens is 537 g/mol. The summed E-state index contributed by atoms with van der Waals surface area (Å²) in [4.78, 5) is 18.8. The lowest BCUT2D eigenvalue weighted by Crippen LogP contribution is -2.56. The standard InChI is InChI=1S/C19H30BrN5O2.HI/c1-19(2,25-10-12-27-13-11-25)14-24-18(21-3)23-9-8-22-17(26)15-4-6-16(20)7-5-15;/h4-7H,8-14H2,1-3H3,(H,22,26)(H2,21,23,24);1H. The number of benzene rings is 1. The molecule has 1 aromatic rings. The van der Waals surface area contributed by atoms with Crippen LogP contribution in [0.3, 0.4) is 0 Å². The van der Waals surface area contributed by atoms with E-state index in [-0.39, 0.29) is 35.4 Å². The van der Waals surface area contributed by atoms with Crippen molar-refractivity contribution in [2.75, 3.05) is 53.0 Å². The maximum absolute atomic E-state index is 12.1. The molecule has 9 heteroatoms. The fraction of sp³-hybridized carbons (Fsp3) is 0.579. The Morgan fingerprint density at radius 2 is 1.75 bits per heavy atom. The second kappa shape index (κ2) is 12.6. The minimum Gasteiger partial charge on any atom is -0.379 e. The summed E-state index contributed by atoms with van der Waals surface area (Å²) in [7, 11) is 1.75. The fourth-order valence-corrected chi connectivity index (χ4v) is 3.13. The van der Waals surface area contributed by atoms with Crippen LogP contribution in [0, 0.1) is 0 Å². The number of halogens is 2. The molecule has 1 saturated heterocycles. The van der Waals surface area contributed by atoms with Gasteiger partial charge in [0.05, 0.1) is 13.2 Å². The molecule has 0 atom stereocenters. The van der Waals surface area contributed by atoms with Gasteiger partial charge in [-0.1, -0.05) is 15.9 Å². The van der Waals surface area contributed by atoms with Crippen LogP contribution in [0.4, 0.5) is 0 Å². The van der Waals surface area contributed by atoms with Crippen LogP contribution >= 0.6 is 39.9 Å². The molecule has 7 nitrogen and oxygen atoms in total. The van der Waals surface area contributed by atoms with Crippen LogP contribution in [-0.2, 0) is 4.74 Å². The van der Waals surface area contributed by atoms with E-state index in [1.54, 1.807) is 19.2 Å². The summed E-state index contributed by atoms with van der Waals surface area (Å²) >= 11 is 3.37. The number of hydrogen-bond acceptors (Lipinski definition) is 4. The zero-order chi connectivity index (χ0) is 19.7. The van der Waals surface area contributed by atoms with Gasteiger partial charge in [-0.15, -0.1) is 24.0 Å². The van der Waals surface area contributed by atoms with Gasteiger partial charge in [0, 0.05) is 55.3 Å². The highest BCUT2D eigenvalue weighted by Crippen LogP contribution is 2.15. The second-order valence-electron chi connectivity index (χ2n) is 7.03. The Morgan fingerprint density at radius 1 is 1.14 bits per heavy atom. The normalized spacial score (nSPS) is 15.5. The molecule has 2 rings (SSSR count). The summed E-state index contributed by atoms with van der Waals surface area (Å²) < 4.78 is 6.38. The number of amides is 1. The minimum absolute atomic E-state index is 0. The van der Waals surface area contributed by atoms with Crippen molar-refractivity contribution in [2.45, 2.75) is 19.4 Å². The zero-order valence-electron chi connectivity index (χ0n) is 16.8. The van der Waals surface area contributed by atoms with E-state index in [0.29, 0.717) is 18.7 Å². The van der Waals surface area contributed by atoms with Crippen molar-refractivity contribution in [3.05, 3.63) is 34.3 Å². The zero-order valence-corrected chi connectivity index (χ0v) is 20.7. The van der Waals surface area contributed by atoms with Crippen molar-refractivity contribution in [1.82, 2.24) is 20.9 Å². The average Bonchev–Trinajstić information content (AvgIpc) is 2.68. The predicted octanol–water partition coefficient (Wildman–Crippen LogP) is 2.07. The summed E-state index contributed by atoms with van der Waals surface area (Å²) in [5.41, 5.74) is 0.657. The van der Waals surface area contributed by atoms with E-state index in [1.807, 2.05) is 12.1 Å². The monoisotopic (exact) mass is 567 g/mol. The van der Waals surface area contributed by atoms with Crippen LogP contribution in [0.5, 0.6) is 0 Å². The van der Waals surface area contributed by atoms with Gasteiger partial charge in [0.25, 0.3) is 5.91 Å². The molecule has 0 unspecified atom stereocenters. The van der Waals surface area contributed by atoms with Crippen LogP contribution in [0.2, 0.25) is 0 Å². The predicted molar refractivity (Wildman–Crippen MR) is 128 cm³/mol. The van der Waals surface area contributed by atoms with Gasteiger partial charge in [0.2, 0.25) is 0 Å². The van der Waals surface area contributed by atoms with Crippen molar-refractivity contribution in [3.63, 3.8) is 0 Å². The van der Waals surface area contributed by atoms with Gasteiger partial charge in [-0.2, -0.15) is 0 Å². The van der Waals surface area contributed by atoms with Crippen LogP contribution in [-0.4, -0.2) is 75.3 Å². The molecule has 0 bridgehead atoms. The molecule has 158 valence electrons. The number of nitrogens with one attached hydrogen (secondary N) is 3. The number of nitrogens with zero attached hydrogens (tertiary/aromatic N) is 2. The van der Waals surface area contributed by atoms with Crippen LogP contribution < -0.4 is 16.0 Å². The first-order valence-corrected chi connectivity index (χ1v) is 10.0. The molecule has 1 amide bonds. The van der Waals surface area contributed by atoms with Gasteiger partial charge in [-0.25, -0.2) is 0 Å². The van der Waals surface area contributed by atoms with Gasteiger partial charge in [-0.05, 0) is 38.1 Å². The van der Waals surface area contributed by atoms with E-state index in [9.17, 15) is 4.79 Å². The van der Waals surface area contributed by atoms with E-state index in [4.69, 9.17) is 4.74 Å². The van der Waals surface area contributed by atoms with Crippen molar-refractivity contribution in [3.8, 4) is 0 Å². The third kappa shape index (κ3) is 8.22. The van der Waals surface area contributed by atoms with E-state index in [0.717, 1.165) is 43.3 Å². The molecule has 1 aromatic carbocycles. The van der Waals surface area contributed by atoms with E-state index < -0.39 is 0 Å². The molecule has 3 N–H and O–H groups in total. The maximum atomic E-state index is 12.1. The molecule has 1 heterocycles. The smallest absolute Gasteiger partial charge is 0.251 e. The van der Waals surface area contributed by atoms with Gasteiger partial charge in [0.1, 0.15) is 0 Å². The Labute approximate surface area is 193 Å². The first-order chi connectivity index (χ1) is 12.9. The van der Waals surface area contributed by atoms with Crippen molar-refractivity contribution < 1.29 is 9.53 Å². The highest BCUT2D eigenvalue weighted by Gasteiger charge is 2.28. The van der Waals surface area contributed by atoms with Crippen molar-refractivity contribution in [1.29, 1.82) is 0 Å². The van der Waals surface area contributed by atoms with Gasteiger partial charge < -0.3 is 20.7 Å². The highest BCUT2D eigenvalue weighted by atomic mass is 127. The van der Waals surface area contributed by atoms with Gasteiger partial charge in [-0.3, -0.25) is 14.7 Å². The number of rotatable bonds is 7. The average molecular weight is 568 g/mol. The summed E-state index contributed by atoms with van der Waals surface area (Å²) in [6, 6.07) is 7.30. The lowest BCUT2D eigenvalue weighted by molar-refractivity contribution is -0.00833. The number of hydrogen-bond donors (Lipinski definition) is 3. The number of aliphatic imine (C=N–C) groups is 1. The number of guanidine groups is 1. The Bertz CT molecular complexity index is 634. The first kappa shape index (κ1) is 25.1. The molecule has 1 aliphatic heterocycles.